The molecule has 2 rings (SSSR count). The lowest BCUT2D eigenvalue weighted by atomic mass is 9.96. The third-order valence-corrected chi connectivity index (χ3v) is 3.42. The Labute approximate surface area is 96.6 Å². The standard InChI is InChI=1S/C11H12BrNO2/c12-9-3-1-8(2-4-9)11(5-6-11)7-13-10(14)15/h1-4,13H,5-7H2,(H,14,15). The molecule has 0 saturated heterocycles. The molecule has 1 fully saturated rings. The van der Waals surface area contributed by atoms with Crippen LogP contribution in [0.4, 0.5) is 4.79 Å². The topological polar surface area (TPSA) is 49.3 Å². The predicted molar refractivity (Wildman–Crippen MR) is 61.1 cm³/mol. The van der Waals surface area contributed by atoms with E-state index in [0.717, 1.165) is 17.3 Å². The summed E-state index contributed by atoms with van der Waals surface area (Å²) < 4.78 is 1.05. The highest BCUT2D eigenvalue weighted by atomic mass is 79.9. The van der Waals surface area contributed by atoms with Crippen molar-refractivity contribution >= 4 is 22.0 Å². The summed E-state index contributed by atoms with van der Waals surface area (Å²) >= 11 is 3.39. The van der Waals surface area contributed by atoms with Crippen molar-refractivity contribution in [3.63, 3.8) is 0 Å². The molecule has 1 aliphatic rings. The molecular weight excluding hydrogens is 258 g/mol. The predicted octanol–water partition coefficient (Wildman–Crippen LogP) is 2.75. The van der Waals surface area contributed by atoms with Crippen molar-refractivity contribution < 1.29 is 9.90 Å². The first-order valence-corrected chi connectivity index (χ1v) is 5.65. The van der Waals surface area contributed by atoms with Crippen LogP contribution >= 0.6 is 15.9 Å². The van der Waals surface area contributed by atoms with Gasteiger partial charge in [-0.15, -0.1) is 0 Å². The van der Waals surface area contributed by atoms with E-state index >= 15 is 0 Å². The van der Waals surface area contributed by atoms with Gasteiger partial charge in [0.2, 0.25) is 0 Å². The molecule has 15 heavy (non-hydrogen) atoms. The minimum atomic E-state index is -0.946. The number of nitrogens with one attached hydrogen (secondary N) is 1. The zero-order chi connectivity index (χ0) is 10.9. The Bertz CT molecular complexity index is 371. The Balaban J connectivity index is 2.09. The second kappa shape index (κ2) is 3.85. The monoisotopic (exact) mass is 269 g/mol. The fourth-order valence-corrected chi connectivity index (χ4v) is 2.03. The summed E-state index contributed by atoms with van der Waals surface area (Å²) in [5.41, 5.74) is 1.28. The molecule has 1 amide bonds. The lowest BCUT2D eigenvalue weighted by molar-refractivity contribution is 0.193. The van der Waals surface area contributed by atoms with Gasteiger partial charge in [0.1, 0.15) is 0 Å². The second-order valence-electron chi connectivity index (χ2n) is 3.95. The molecule has 0 radical (unpaired) electrons. The SMILES string of the molecule is O=C(O)NCC1(c2ccc(Br)cc2)CC1. The minimum absolute atomic E-state index is 0.0547. The third-order valence-electron chi connectivity index (χ3n) is 2.89. The maximum Gasteiger partial charge on any atom is 0.404 e. The van der Waals surface area contributed by atoms with Gasteiger partial charge in [-0.3, -0.25) is 0 Å². The third kappa shape index (κ3) is 2.31. The highest BCUT2D eigenvalue weighted by molar-refractivity contribution is 9.10. The minimum Gasteiger partial charge on any atom is -0.465 e. The molecule has 0 spiro atoms. The van der Waals surface area contributed by atoms with E-state index in [0.29, 0.717) is 6.54 Å². The smallest absolute Gasteiger partial charge is 0.404 e. The van der Waals surface area contributed by atoms with E-state index in [1.807, 2.05) is 12.1 Å². The van der Waals surface area contributed by atoms with Crippen LogP contribution in [0.5, 0.6) is 0 Å². The van der Waals surface area contributed by atoms with Gasteiger partial charge in [0.05, 0.1) is 0 Å². The van der Waals surface area contributed by atoms with Gasteiger partial charge < -0.3 is 10.4 Å². The zero-order valence-corrected chi connectivity index (χ0v) is 9.75. The van der Waals surface area contributed by atoms with Crippen molar-refractivity contribution in [2.45, 2.75) is 18.3 Å². The summed E-state index contributed by atoms with van der Waals surface area (Å²) in [5.74, 6) is 0. The Morgan fingerprint density at radius 3 is 2.47 bits per heavy atom. The average molecular weight is 270 g/mol. The molecule has 0 atom stereocenters. The van der Waals surface area contributed by atoms with Gasteiger partial charge in [-0.05, 0) is 30.5 Å². The quantitative estimate of drug-likeness (QED) is 0.887. The maximum absolute atomic E-state index is 10.4. The first-order chi connectivity index (χ1) is 7.12. The Morgan fingerprint density at radius 1 is 1.40 bits per heavy atom. The van der Waals surface area contributed by atoms with Gasteiger partial charge in [-0.1, -0.05) is 28.1 Å². The van der Waals surface area contributed by atoms with Crippen LogP contribution in [0.15, 0.2) is 28.7 Å². The number of amides is 1. The number of rotatable bonds is 3. The Kier molecular flexibility index (Phi) is 2.69. The molecule has 0 unspecified atom stereocenters. The summed E-state index contributed by atoms with van der Waals surface area (Å²) in [5, 5.41) is 11.0. The first kappa shape index (κ1) is 10.5. The average Bonchev–Trinajstić information content (AvgIpc) is 2.97. The lowest BCUT2D eigenvalue weighted by Gasteiger charge is -2.15. The van der Waals surface area contributed by atoms with Crippen molar-refractivity contribution in [1.29, 1.82) is 0 Å². The molecule has 1 aromatic carbocycles. The van der Waals surface area contributed by atoms with Crippen LogP contribution in [0.1, 0.15) is 18.4 Å². The van der Waals surface area contributed by atoms with Gasteiger partial charge in [0, 0.05) is 16.4 Å². The summed E-state index contributed by atoms with van der Waals surface area (Å²) in [7, 11) is 0. The van der Waals surface area contributed by atoms with Crippen LogP contribution < -0.4 is 5.32 Å². The summed E-state index contributed by atoms with van der Waals surface area (Å²) in [6.07, 6.45) is 1.18. The molecule has 4 heteroatoms. The van der Waals surface area contributed by atoms with Crippen LogP contribution in [0, 0.1) is 0 Å². The highest BCUT2D eigenvalue weighted by Crippen LogP contribution is 2.47. The van der Waals surface area contributed by atoms with E-state index in [1.54, 1.807) is 0 Å². The number of carboxylic acid groups (broad SMARTS) is 1. The maximum atomic E-state index is 10.4. The summed E-state index contributed by atoms with van der Waals surface area (Å²) in [6, 6.07) is 8.10. The number of carbonyl (C=O) groups is 1. The highest BCUT2D eigenvalue weighted by Gasteiger charge is 2.44. The molecule has 3 nitrogen and oxygen atoms in total. The summed E-state index contributed by atoms with van der Waals surface area (Å²) in [6.45, 7) is 0.518. The van der Waals surface area contributed by atoms with Crippen molar-refractivity contribution in [2.24, 2.45) is 0 Å². The van der Waals surface area contributed by atoms with Crippen LogP contribution in [0.3, 0.4) is 0 Å². The van der Waals surface area contributed by atoms with E-state index in [-0.39, 0.29) is 5.41 Å². The van der Waals surface area contributed by atoms with Gasteiger partial charge >= 0.3 is 6.09 Å². The fourth-order valence-electron chi connectivity index (χ4n) is 1.77. The van der Waals surface area contributed by atoms with Crippen molar-refractivity contribution in [3.05, 3.63) is 34.3 Å². The number of hydrogen-bond donors (Lipinski definition) is 2. The lowest BCUT2D eigenvalue weighted by Crippen LogP contribution is -2.30. The van der Waals surface area contributed by atoms with Gasteiger partial charge in [0.15, 0.2) is 0 Å². The van der Waals surface area contributed by atoms with Crippen LogP contribution in [-0.2, 0) is 5.41 Å². The van der Waals surface area contributed by atoms with Crippen molar-refractivity contribution in [2.75, 3.05) is 6.54 Å². The largest absolute Gasteiger partial charge is 0.465 e. The number of halogens is 1. The summed E-state index contributed by atoms with van der Waals surface area (Å²) in [4.78, 5) is 10.4. The molecule has 2 N–H and O–H groups in total. The molecule has 0 aromatic heterocycles. The van der Waals surface area contributed by atoms with Crippen molar-refractivity contribution in [3.8, 4) is 0 Å². The van der Waals surface area contributed by atoms with Crippen LogP contribution in [0.2, 0.25) is 0 Å². The van der Waals surface area contributed by atoms with Gasteiger partial charge in [-0.25, -0.2) is 4.79 Å². The Morgan fingerprint density at radius 2 is 2.00 bits per heavy atom. The Hall–Kier alpha value is -1.03. The molecule has 0 bridgehead atoms. The van der Waals surface area contributed by atoms with Gasteiger partial charge in [-0.2, -0.15) is 0 Å². The van der Waals surface area contributed by atoms with E-state index in [9.17, 15) is 4.79 Å². The van der Waals surface area contributed by atoms with E-state index in [2.05, 4.69) is 33.4 Å². The van der Waals surface area contributed by atoms with Gasteiger partial charge in [0.25, 0.3) is 0 Å². The van der Waals surface area contributed by atoms with E-state index in [4.69, 9.17) is 5.11 Å². The van der Waals surface area contributed by atoms with E-state index < -0.39 is 6.09 Å². The molecule has 1 aromatic rings. The first-order valence-electron chi connectivity index (χ1n) is 4.85. The molecule has 80 valence electrons. The van der Waals surface area contributed by atoms with E-state index in [1.165, 1.54) is 5.56 Å². The molecular formula is C11H12BrNO2. The molecule has 0 heterocycles. The number of benzene rings is 1. The number of hydrogen-bond acceptors (Lipinski definition) is 1. The molecule has 1 aliphatic carbocycles. The molecule has 1 saturated carbocycles. The molecule has 0 aliphatic heterocycles. The van der Waals surface area contributed by atoms with Crippen molar-refractivity contribution in [1.82, 2.24) is 5.32 Å². The van der Waals surface area contributed by atoms with Crippen LogP contribution in [0.25, 0.3) is 0 Å². The normalized spacial score (nSPS) is 17.1. The zero-order valence-electron chi connectivity index (χ0n) is 8.16. The van der Waals surface area contributed by atoms with Crippen LogP contribution in [-0.4, -0.2) is 17.7 Å². The second-order valence-corrected chi connectivity index (χ2v) is 4.86. The fraction of sp³-hybridized carbons (Fsp3) is 0.364.